The van der Waals surface area contributed by atoms with Gasteiger partial charge in [-0.1, -0.05) is 37.3 Å². The van der Waals surface area contributed by atoms with Gasteiger partial charge < -0.3 is 9.47 Å². The maximum absolute atomic E-state index is 12.5. The highest BCUT2D eigenvalue weighted by atomic mass is 32.1. The third kappa shape index (κ3) is 4.96. The van der Waals surface area contributed by atoms with Crippen molar-refractivity contribution in [3.63, 3.8) is 0 Å². The van der Waals surface area contributed by atoms with Gasteiger partial charge in [-0.2, -0.15) is 0 Å². The number of hydrogen-bond acceptors (Lipinski definition) is 6. The minimum atomic E-state index is -0.464. The van der Waals surface area contributed by atoms with Crippen molar-refractivity contribution >= 4 is 23.2 Å². The summed E-state index contributed by atoms with van der Waals surface area (Å²) in [5.74, 6) is 0.131. The quantitative estimate of drug-likeness (QED) is 0.559. The lowest BCUT2D eigenvalue weighted by molar-refractivity contribution is 0.0848. The van der Waals surface area contributed by atoms with Crippen LogP contribution in [-0.2, 0) is 0 Å². The molecule has 3 rings (SSSR count). The molecule has 0 saturated carbocycles. The Bertz CT molecular complexity index is 1030. The molecule has 1 heterocycles. The third-order valence-electron chi connectivity index (χ3n) is 4.20. The number of ether oxygens (including phenoxy) is 2. The number of benzene rings is 2. The van der Waals surface area contributed by atoms with Crippen molar-refractivity contribution in [1.82, 2.24) is 15.8 Å². The first-order chi connectivity index (χ1) is 14.5. The van der Waals surface area contributed by atoms with Gasteiger partial charge in [-0.15, -0.1) is 11.3 Å². The van der Waals surface area contributed by atoms with E-state index in [0.29, 0.717) is 34.2 Å². The van der Waals surface area contributed by atoms with Crippen molar-refractivity contribution in [2.45, 2.75) is 20.3 Å². The van der Waals surface area contributed by atoms with E-state index in [4.69, 9.17) is 9.47 Å². The van der Waals surface area contributed by atoms with Gasteiger partial charge in [0.2, 0.25) is 0 Å². The van der Waals surface area contributed by atoms with Gasteiger partial charge in [-0.25, -0.2) is 4.98 Å². The Labute approximate surface area is 179 Å². The molecule has 0 spiro atoms. The topological polar surface area (TPSA) is 89.6 Å². The molecule has 0 bridgehead atoms. The minimum Gasteiger partial charge on any atom is -0.493 e. The normalized spacial score (nSPS) is 10.4. The van der Waals surface area contributed by atoms with Crippen molar-refractivity contribution in [2.24, 2.45) is 0 Å². The van der Waals surface area contributed by atoms with Gasteiger partial charge in [0.05, 0.1) is 19.4 Å². The van der Waals surface area contributed by atoms with E-state index >= 15 is 0 Å². The molecule has 8 heteroatoms. The average Bonchev–Trinajstić information content (AvgIpc) is 3.18. The van der Waals surface area contributed by atoms with Gasteiger partial charge in [0.25, 0.3) is 11.8 Å². The molecule has 30 heavy (non-hydrogen) atoms. The maximum Gasteiger partial charge on any atom is 0.281 e. The fraction of sp³-hybridized carbons (Fsp3) is 0.227. The summed E-state index contributed by atoms with van der Waals surface area (Å²) in [5, 5.41) is 0.747. The van der Waals surface area contributed by atoms with E-state index in [9.17, 15) is 9.59 Å². The highest BCUT2D eigenvalue weighted by Gasteiger charge is 2.18. The standard InChI is InChI=1S/C22H23N3O4S/c1-4-12-29-17-11-10-16(13-18(17)28-3)20(26)24-25-21(27)19-14(2)23-22(30-19)15-8-6-5-7-9-15/h5-11,13H,4,12H2,1-3H3,(H,24,26)(H,25,27). The second kappa shape index (κ2) is 9.89. The molecule has 0 fully saturated rings. The lowest BCUT2D eigenvalue weighted by Crippen LogP contribution is -2.41. The largest absolute Gasteiger partial charge is 0.493 e. The number of hydrazine groups is 1. The number of nitrogens with zero attached hydrogens (tertiary/aromatic N) is 1. The van der Waals surface area contributed by atoms with E-state index in [2.05, 4.69) is 15.8 Å². The molecule has 2 amide bonds. The van der Waals surface area contributed by atoms with Crippen LogP contribution in [0, 0.1) is 6.92 Å². The first-order valence-corrected chi connectivity index (χ1v) is 10.3. The molecular weight excluding hydrogens is 402 g/mol. The number of rotatable bonds is 7. The number of aromatic nitrogens is 1. The molecule has 2 aromatic carbocycles. The summed E-state index contributed by atoms with van der Waals surface area (Å²) in [7, 11) is 1.51. The lowest BCUT2D eigenvalue weighted by atomic mass is 10.2. The fourth-order valence-corrected chi connectivity index (χ4v) is 3.66. The smallest absolute Gasteiger partial charge is 0.281 e. The molecule has 2 N–H and O–H groups in total. The SMILES string of the molecule is CCCOc1ccc(C(=O)NNC(=O)c2sc(-c3ccccc3)nc2C)cc1OC. The van der Waals surface area contributed by atoms with Gasteiger partial charge in [0.15, 0.2) is 11.5 Å². The lowest BCUT2D eigenvalue weighted by Gasteiger charge is -2.12. The van der Waals surface area contributed by atoms with Crippen molar-refractivity contribution in [2.75, 3.05) is 13.7 Å². The van der Waals surface area contributed by atoms with Gasteiger partial charge in [-0.05, 0) is 31.5 Å². The number of aryl methyl sites for hydroxylation is 1. The number of thiazole rings is 1. The zero-order valence-electron chi connectivity index (χ0n) is 17.0. The van der Waals surface area contributed by atoms with Crippen LogP contribution in [0.5, 0.6) is 11.5 Å². The molecule has 0 aliphatic heterocycles. The predicted octanol–water partition coefficient (Wildman–Crippen LogP) is 3.99. The Hall–Kier alpha value is -3.39. The van der Waals surface area contributed by atoms with Gasteiger partial charge >= 0.3 is 0 Å². The monoisotopic (exact) mass is 425 g/mol. The average molecular weight is 426 g/mol. The Balaban J connectivity index is 1.66. The predicted molar refractivity (Wildman–Crippen MR) is 116 cm³/mol. The molecule has 7 nitrogen and oxygen atoms in total. The number of methoxy groups -OCH3 is 1. The number of carbonyl (C=O) groups is 2. The zero-order chi connectivity index (χ0) is 21.5. The second-order valence-corrected chi connectivity index (χ2v) is 7.42. The molecule has 3 aromatic rings. The van der Waals surface area contributed by atoms with E-state index in [1.165, 1.54) is 18.4 Å². The van der Waals surface area contributed by atoms with E-state index in [1.807, 2.05) is 37.3 Å². The van der Waals surface area contributed by atoms with Crippen LogP contribution in [0.2, 0.25) is 0 Å². The van der Waals surface area contributed by atoms with Crippen LogP contribution < -0.4 is 20.3 Å². The third-order valence-corrected chi connectivity index (χ3v) is 5.41. The minimum absolute atomic E-state index is 0.335. The Morgan fingerprint density at radius 2 is 1.77 bits per heavy atom. The van der Waals surface area contributed by atoms with Gasteiger partial charge in [-0.3, -0.25) is 20.4 Å². The number of hydrogen-bond donors (Lipinski definition) is 2. The zero-order valence-corrected chi connectivity index (χ0v) is 17.8. The molecule has 0 atom stereocenters. The first kappa shape index (κ1) is 21.3. The molecule has 156 valence electrons. The van der Waals surface area contributed by atoms with E-state index in [0.717, 1.165) is 17.0 Å². The number of carbonyl (C=O) groups excluding carboxylic acids is 2. The Kier molecular flexibility index (Phi) is 7.03. The van der Waals surface area contributed by atoms with Crippen molar-refractivity contribution in [1.29, 1.82) is 0 Å². The molecule has 0 saturated heterocycles. The molecule has 1 aromatic heterocycles. The van der Waals surface area contributed by atoms with Crippen molar-refractivity contribution in [3.05, 3.63) is 64.7 Å². The van der Waals surface area contributed by atoms with Crippen LogP contribution in [0.15, 0.2) is 48.5 Å². The first-order valence-electron chi connectivity index (χ1n) is 9.47. The van der Waals surface area contributed by atoms with E-state index < -0.39 is 11.8 Å². The van der Waals surface area contributed by atoms with Crippen LogP contribution >= 0.6 is 11.3 Å². The summed E-state index contributed by atoms with van der Waals surface area (Å²) in [6, 6.07) is 14.5. The van der Waals surface area contributed by atoms with Gasteiger partial charge in [0.1, 0.15) is 9.88 Å². The fourth-order valence-electron chi connectivity index (χ4n) is 2.69. The molecule has 0 unspecified atom stereocenters. The highest BCUT2D eigenvalue weighted by molar-refractivity contribution is 7.17. The van der Waals surface area contributed by atoms with E-state index in [-0.39, 0.29) is 0 Å². The van der Waals surface area contributed by atoms with Crippen LogP contribution in [0.25, 0.3) is 10.6 Å². The number of nitrogens with one attached hydrogen (secondary N) is 2. The molecule has 0 aliphatic carbocycles. The van der Waals surface area contributed by atoms with Crippen LogP contribution in [-0.4, -0.2) is 30.5 Å². The summed E-state index contributed by atoms with van der Waals surface area (Å²) in [6.45, 7) is 4.32. The molecule has 0 radical (unpaired) electrons. The Morgan fingerprint density at radius 3 is 2.47 bits per heavy atom. The van der Waals surface area contributed by atoms with Crippen molar-refractivity contribution < 1.29 is 19.1 Å². The summed E-state index contributed by atoms with van der Waals surface area (Å²) >= 11 is 1.27. The summed E-state index contributed by atoms with van der Waals surface area (Å²) in [4.78, 5) is 29.9. The van der Waals surface area contributed by atoms with E-state index in [1.54, 1.807) is 25.1 Å². The van der Waals surface area contributed by atoms with Crippen LogP contribution in [0.3, 0.4) is 0 Å². The van der Waals surface area contributed by atoms with Crippen LogP contribution in [0.1, 0.15) is 39.1 Å². The van der Waals surface area contributed by atoms with Crippen molar-refractivity contribution in [3.8, 4) is 22.1 Å². The number of amides is 2. The molecule has 0 aliphatic rings. The van der Waals surface area contributed by atoms with Gasteiger partial charge in [0, 0.05) is 11.1 Å². The second-order valence-electron chi connectivity index (χ2n) is 6.42. The summed E-state index contributed by atoms with van der Waals surface area (Å²) < 4.78 is 10.9. The van der Waals surface area contributed by atoms with Crippen LogP contribution in [0.4, 0.5) is 0 Å². The maximum atomic E-state index is 12.5. The summed E-state index contributed by atoms with van der Waals surface area (Å²) in [6.07, 6.45) is 0.862. The summed E-state index contributed by atoms with van der Waals surface area (Å²) in [5.41, 5.74) is 6.75. The Morgan fingerprint density at radius 1 is 1.03 bits per heavy atom. The molecular formula is C22H23N3O4S. The highest BCUT2D eigenvalue weighted by Crippen LogP contribution is 2.29.